The van der Waals surface area contributed by atoms with Crippen LogP contribution in [-0.2, 0) is 14.3 Å². The molecule has 4 aromatic rings. The summed E-state index contributed by atoms with van der Waals surface area (Å²) in [5, 5.41) is 2.36. The summed E-state index contributed by atoms with van der Waals surface area (Å²) >= 11 is 0. The number of nitrogens with zero attached hydrogens (tertiary/aromatic N) is 4. The first-order chi connectivity index (χ1) is 22.0. The molecule has 0 bridgehead atoms. The number of aromatic nitrogens is 3. The predicted octanol–water partition coefficient (Wildman–Crippen LogP) is 4.71. The molecule has 1 atom stereocenters. The largest absolute Gasteiger partial charge is 0.573 e. The molecule has 1 fully saturated rings. The molecule has 0 spiro atoms. The van der Waals surface area contributed by atoms with Gasteiger partial charge in [0.2, 0.25) is 5.91 Å². The summed E-state index contributed by atoms with van der Waals surface area (Å²) in [6, 6.07) is 6.65. The van der Waals surface area contributed by atoms with Gasteiger partial charge >= 0.3 is 12.3 Å². The van der Waals surface area contributed by atoms with E-state index in [9.17, 15) is 27.6 Å². The number of anilines is 1. The maximum absolute atomic E-state index is 15.7. The second kappa shape index (κ2) is 13.6. The number of alkyl halides is 3. The number of esters is 1. The molecule has 242 valence electrons. The van der Waals surface area contributed by atoms with Crippen molar-refractivity contribution >= 4 is 28.5 Å². The smallest absolute Gasteiger partial charge is 0.462 e. The highest BCUT2D eigenvalue weighted by Gasteiger charge is 2.33. The van der Waals surface area contributed by atoms with Gasteiger partial charge in [0.05, 0.1) is 41.6 Å². The van der Waals surface area contributed by atoms with Crippen molar-refractivity contribution in [1.82, 2.24) is 19.4 Å². The first kappa shape index (κ1) is 32.5. The Bertz CT molecular complexity index is 1820. The third-order valence-corrected chi connectivity index (χ3v) is 7.34. The average molecular weight is 644 g/mol. The molecule has 1 amide bonds. The van der Waals surface area contributed by atoms with Gasteiger partial charge in [-0.3, -0.25) is 24.0 Å². The molecule has 1 aliphatic rings. The van der Waals surface area contributed by atoms with Crippen molar-refractivity contribution in [1.29, 1.82) is 0 Å². The lowest BCUT2D eigenvalue weighted by molar-refractivity contribution is -0.274. The number of carbonyl (C=O) groups excluding carboxylic acids is 2. The summed E-state index contributed by atoms with van der Waals surface area (Å²) in [4.78, 5) is 48.7. The van der Waals surface area contributed by atoms with E-state index in [4.69, 9.17) is 9.47 Å². The highest BCUT2D eigenvalue weighted by molar-refractivity contribution is 5.96. The number of carbonyl (C=O) groups is 2. The number of amides is 1. The Morgan fingerprint density at radius 3 is 2.67 bits per heavy atom. The van der Waals surface area contributed by atoms with Crippen molar-refractivity contribution in [3.63, 3.8) is 0 Å². The Balaban J connectivity index is 1.50. The van der Waals surface area contributed by atoms with Crippen LogP contribution >= 0.6 is 0 Å². The Kier molecular flexibility index (Phi) is 9.63. The third kappa shape index (κ3) is 7.15. The first-order valence-electron chi connectivity index (χ1n) is 14.3. The highest BCUT2D eigenvalue weighted by Crippen LogP contribution is 2.33. The van der Waals surface area contributed by atoms with E-state index in [1.165, 1.54) is 36.7 Å². The van der Waals surface area contributed by atoms with Gasteiger partial charge < -0.3 is 19.5 Å². The fraction of sp³-hybridized carbons (Fsp3) is 0.323. The molecule has 1 aliphatic heterocycles. The molecular weight excluding hydrogens is 614 g/mol. The zero-order chi connectivity index (χ0) is 33.0. The lowest BCUT2D eigenvalue weighted by atomic mass is 10.0. The van der Waals surface area contributed by atoms with Crippen LogP contribution < -0.4 is 15.6 Å². The van der Waals surface area contributed by atoms with E-state index in [-0.39, 0.29) is 45.6 Å². The SMILES string of the molecule is CCOC(=O)c1cncc(-c2ccc3c(=O)n(-c4ccc(OC(F)(F)F)c(NC(=O)C(C)N5CCCOCC5)c4)cnc3c2F)c1. The normalized spacial score (nSPS) is 14.8. The van der Waals surface area contributed by atoms with Crippen LogP contribution in [0.2, 0.25) is 0 Å². The molecule has 2 aromatic heterocycles. The Hall–Kier alpha value is -4.89. The molecule has 1 unspecified atom stereocenters. The Morgan fingerprint density at radius 2 is 1.91 bits per heavy atom. The lowest BCUT2D eigenvalue weighted by Gasteiger charge is -2.26. The number of halogens is 4. The lowest BCUT2D eigenvalue weighted by Crippen LogP contribution is -2.43. The van der Waals surface area contributed by atoms with Crippen molar-refractivity contribution in [2.45, 2.75) is 32.7 Å². The predicted molar refractivity (Wildman–Crippen MR) is 158 cm³/mol. The highest BCUT2D eigenvalue weighted by atomic mass is 19.4. The maximum Gasteiger partial charge on any atom is 0.573 e. The van der Waals surface area contributed by atoms with Crippen molar-refractivity contribution in [2.24, 2.45) is 0 Å². The second-order valence-electron chi connectivity index (χ2n) is 10.3. The molecule has 5 rings (SSSR count). The van der Waals surface area contributed by atoms with Gasteiger partial charge in [0.15, 0.2) is 11.6 Å². The molecule has 15 heteroatoms. The first-order valence-corrected chi connectivity index (χ1v) is 14.3. The van der Waals surface area contributed by atoms with Crippen LogP contribution in [0.1, 0.15) is 30.6 Å². The molecule has 1 N–H and O–H groups in total. The minimum Gasteiger partial charge on any atom is -0.462 e. The molecular formula is C31H29F4N5O6. The quantitative estimate of drug-likeness (QED) is 0.215. The summed E-state index contributed by atoms with van der Waals surface area (Å²) in [6.07, 6.45) is -0.724. The van der Waals surface area contributed by atoms with Crippen molar-refractivity contribution < 1.29 is 41.4 Å². The minimum absolute atomic E-state index is 0.0274. The summed E-state index contributed by atoms with van der Waals surface area (Å²) < 4.78 is 70.9. The van der Waals surface area contributed by atoms with Crippen LogP contribution in [0.15, 0.2) is 59.9 Å². The topological polar surface area (TPSA) is 125 Å². The molecule has 2 aromatic carbocycles. The molecule has 11 nitrogen and oxygen atoms in total. The number of rotatable bonds is 8. The van der Waals surface area contributed by atoms with Gasteiger partial charge in [-0.2, -0.15) is 0 Å². The van der Waals surface area contributed by atoms with E-state index >= 15 is 4.39 Å². The Labute approximate surface area is 259 Å². The van der Waals surface area contributed by atoms with E-state index in [0.29, 0.717) is 32.7 Å². The molecule has 3 heterocycles. The van der Waals surface area contributed by atoms with Gasteiger partial charge in [0.25, 0.3) is 5.56 Å². The molecule has 46 heavy (non-hydrogen) atoms. The third-order valence-electron chi connectivity index (χ3n) is 7.34. The van der Waals surface area contributed by atoms with E-state index in [1.54, 1.807) is 13.8 Å². The van der Waals surface area contributed by atoms with E-state index in [0.717, 1.165) is 23.0 Å². The number of benzene rings is 2. The summed E-state index contributed by atoms with van der Waals surface area (Å²) in [5.74, 6) is -2.76. The number of ether oxygens (including phenoxy) is 3. The monoisotopic (exact) mass is 643 g/mol. The number of hydrogen-bond acceptors (Lipinski definition) is 9. The van der Waals surface area contributed by atoms with E-state index in [1.807, 2.05) is 4.90 Å². The number of hydrogen-bond donors (Lipinski definition) is 1. The van der Waals surface area contributed by atoms with E-state index in [2.05, 4.69) is 20.0 Å². The van der Waals surface area contributed by atoms with Crippen LogP contribution in [-0.4, -0.2) is 76.6 Å². The van der Waals surface area contributed by atoms with Crippen LogP contribution in [0.4, 0.5) is 23.2 Å². The summed E-state index contributed by atoms with van der Waals surface area (Å²) in [5.41, 5.74) is -0.915. The van der Waals surface area contributed by atoms with Gasteiger partial charge in [-0.25, -0.2) is 14.2 Å². The molecule has 0 aliphatic carbocycles. The maximum atomic E-state index is 15.7. The molecule has 0 radical (unpaired) electrons. The molecule has 0 saturated carbocycles. The van der Waals surface area contributed by atoms with Crippen molar-refractivity contribution in [3.05, 3.63) is 76.9 Å². The average Bonchev–Trinajstić information content (AvgIpc) is 3.31. The van der Waals surface area contributed by atoms with Gasteiger partial charge in [-0.1, -0.05) is 6.07 Å². The van der Waals surface area contributed by atoms with Gasteiger partial charge in [0.1, 0.15) is 11.8 Å². The van der Waals surface area contributed by atoms with Gasteiger partial charge in [-0.15, -0.1) is 13.2 Å². The van der Waals surface area contributed by atoms with Gasteiger partial charge in [-0.05, 0) is 50.6 Å². The van der Waals surface area contributed by atoms with Crippen molar-refractivity contribution in [3.8, 4) is 22.6 Å². The fourth-order valence-corrected chi connectivity index (χ4v) is 5.02. The standard InChI is InChI=1S/C31H29F4N5O6/c1-3-45-30(43)20-13-19(15-36-16-20)22-6-7-23-27(26(22)32)37-17-40(29(23)42)21-5-8-25(46-31(33,34)35)24(14-21)38-28(41)18(2)39-9-4-11-44-12-10-39/h5-8,13-18H,3-4,9-12H2,1-2H3,(H,38,41). The van der Waals surface area contributed by atoms with Crippen LogP contribution in [0.25, 0.3) is 27.7 Å². The second-order valence-corrected chi connectivity index (χ2v) is 10.3. The van der Waals surface area contributed by atoms with Crippen molar-refractivity contribution in [2.75, 3.05) is 38.2 Å². The number of pyridine rings is 1. The Morgan fingerprint density at radius 1 is 1.11 bits per heavy atom. The van der Waals surface area contributed by atoms with Crippen LogP contribution in [0.5, 0.6) is 5.75 Å². The number of fused-ring (bicyclic) bond motifs is 1. The zero-order valence-electron chi connectivity index (χ0n) is 24.8. The summed E-state index contributed by atoms with van der Waals surface area (Å²) in [6.45, 7) is 5.38. The number of nitrogens with one attached hydrogen (secondary N) is 1. The molecule has 1 saturated heterocycles. The van der Waals surface area contributed by atoms with Crippen LogP contribution in [0.3, 0.4) is 0 Å². The van der Waals surface area contributed by atoms with E-state index < -0.39 is 41.4 Å². The minimum atomic E-state index is -5.06. The fourth-order valence-electron chi connectivity index (χ4n) is 5.02. The summed E-state index contributed by atoms with van der Waals surface area (Å²) in [7, 11) is 0. The zero-order valence-corrected chi connectivity index (χ0v) is 24.8. The van der Waals surface area contributed by atoms with Gasteiger partial charge in [0, 0.05) is 43.2 Å². The van der Waals surface area contributed by atoms with Crippen LogP contribution in [0, 0.1) is 5.82 Å².